The number of hydrogen-bond donors (Lipinski definition) is 0. The molecule has 0 radical (unpaired) electrons. The van der Waals surface area contributed by atoms with Crippen LogP contribution in [0.5, 0.6) is 0 Å². The SMILES string of the molecule is CC(C)c1cc(Cl)nc2ccccc12. The van der Waals surface area contributed by atoms with Gasteiger partial charge in [0.05, 0.1) is 5.52 Å². The van der Waals surface area contributed by atoms with Crippen LogP contribution in [0.1, 0.15) is 25.3 Å². The predicted octanol–water partition coefficient (Wildman–Crippen LogP) is 4.01. The largest absolute Gasteiger partial charge is 0.236 e. The van der Waals surface area contributed by atoms with Gasteiger partial charge in [-0.1, -0.05) is 43.6 Å². The molecule has 1 nitrogen and oxygen atoms in total. The number of benzene rings is 1. The molecule has 1 aromatic heterocycles. The second-order valence-corrected chi connectivity index (χ2v) is 4.09. The van der Waals surface area contributed by atoms with Gasteiger partial charge in [-0.2, -0.15) is 0 Å². The second kappa shape index (κ2) is 3.58. The molecule has 0 saturated heterocycles. The quantitative estimate of drug-likeness (QED) is 0.641. The molecule has 0 aliphatic heterocycles. The number of para-hydroxylation sites is 1. The van der Waals surface area contributed by atoms with Gasteiger partial charge < -0.3 is 0 Å². The Kier molecular flexibility index (Phi) is 2.42. The molecular weight excluding hydrogens is 194 g/mol. The van der Waals surface area contributed by atoms with Crippen LogP contribution >= 0.6 is 11.6 Å². The van der Waals surface area contributed by atoms with Crippen molar-refractivity contribution in [2.45, 2.75) is 19.8 Å². The summed E-state index contributed by atoms with van der Waals surface area (Å²) in [7, 11) is 0. The summed E-state index contributed by atoms with van der Waals surface area (Å²) >= 11 is 5.96. The summed E-state index contributed by atoms with van der Waals surface area (Å²) in [6.07, 6.45) is 0. The van der Waals surface area contributed by atoms with Crippen molar-refractivity contribution in [3.8, 4) is 0 Å². The molecule has 72 valence electrons. The predicted molar refractivity (Wildman–Crippen MR) is 60.8 cm³/mol. The van der Waals surface area contributed by atoms with Crippen molar-refractivity contribution in [3.05, 3.63) is 41.0 Å². The van der Waals surface area contributed by atoms with Gasteiger partial charge in [-0.3, -0.25) is 0 Å². The Bertz CT molecular complexity index is 463. The Labute approximate surface area is 88.7 Å². The number of halogens is 1. The van der Waals surface area contributed by atoms with Gasteiger partial charge in [0.25, 0.3) is 0 Å². The Hall–Kier alpha value is -1.08. The van der Waals surface area contributed by atoms with Gasteiger partial charge in [0.2, 0.25) is 0 Å². The van der Waals surface area contributed by atoms with Crippen LogP contribution in [0.15, 0.2) is 30.3 Å². The summed E-state index contributed by atoms with van der Waals surface area (Å²) < 4.78 is 0. The van der Waals surface area contributed by atoms with Crippen molar-refractivity contribution in [1.82, 2.24) is 4.98 Å². The van der Waals surface area contributed by atoms with Crippen LogP contribution < -0.4 is 0 Å². The van der Waals surface area contributed by atoms with E-state index in [1.165, 1.54) is 10.9 Å². The van der Waals surface area contributed by atoms with Crippen LogP contribution in [0.4, 0.5) is 0 Å². The Morgan fingerprint density at radius 3 is 2.64 bits per heavy atom. The second-order valence-electron chi connectivity index (χ2n) is 3.71. The molecule has 0 atom stereocenters. The Morgan fingerprint density at radius 2 is 1.93 bits per heavy atom. The molecule has 1 aromatic carbocycles. The van der Waals surface area contributed by atoms with E-state index in [4.69, 9.17) is 11.6 Å². The molecule has 0 aliphatic carbocycles. The molecular formula is C12H12ClN. The maximum Gasteiger partial charge on any atom is 0.130 e. The molecule has 0 spiro atoms. The summed E-state index contributed by atoms with van der Waals surface area (Å²) in [4.78, 5) is 4.28. The van der Waals surface area contributed by atoms with E-state index in [2.05, 4.69) is 24.9 Å². The van der Waals surface area contributed by atoms with Crippen LogP contribution in [0.25, 0.3) is 10.9 Å². The number of aromatic nitrogens is 1. The monoisotopic (exact) mass is 205 g/mol. The van der Waals surface area contributed by atoms with Gasteiger partial charge in [-0.25, -0.2) is 4.98 Å². The number of rotatable bonds is 1. The molecule has 14 heavy (non-hydrogen) atoms. The molecule has 2 heteroatoms. The summed E-state index contributed by atoms with van der Waals surface area (Å²) in [5.74, 6) is 0.473. The van der Waals surface area contributed by atoms with Crippen LogP contribution in [-0.2, 0) is 0 Å². The van der Waals surface area contributed by atoms with Crippen molar-refractivity contribution in [2.75, 3.05) is 0 Å². The first-order chi connectivity index (χ1) is 6.68. The molecule has 0 unspecified atom stereocenters. The first kappa shape index (κ1) is 9.47. The average molecular weight is 206 g/mol. The van der Waals surface area contributed by atoms with Crippen LogP contribution in [0.2, 0.25) is 5.15 Å². The minimum absolute atomic E-state index is 0.473. The third-order valence-corrected chi connectivity index (χ3v) is 2.53. The highest BCUT2D eigenvalue weighted by Crippen LogP contribution is 2.26. The van der Waals surface area contributed by atoms with Crippen LogP contribution in [0.3, 0.4) is 0 Å². The number of fused-ring (bicyclic) bond motifs is 1. The number of hydrogen-bond acceptors (Lipinski definition) is 1. The molecule has 0 amide bonds. The zero-order valence-electron chi connectivity index (χ0n) is 8.29. The maximum atomic E-state index is 5.96. The van der Waals surface area contributed by atoms with Gasteiger partial charge in [0.1, 0.15) is 5.15 Å². The average Bonchev–Trinajstić information content (AvgIpc) is 2.16. The normalized spacial score (nSPS) is 11.1. The molecule has 2 aromatic rings. The lowest BCUT2D eigenvalue weighted by atomic mass is 9.99. The Morgan fingerprint density at radius 1 is 1.21 bits per heavy atom. The first-order valence-electron chi connectivity index (χ1n) is 4.73. The lowest BCUT2D eigenvalue weighted by Crippen LogP contribution is -1.91. The van der Waals surface area contributed by atoms with Gasteiger partial charge in [-0.05, 0) is 23.6 Å². The van der Waals surface area contributed by atoms with E-state index in [-0.39, 0.29) is 0 Å². The minimum Gasteiger partial charge on any atom is -0.236 e. The lowest BCUT2D eigenvalue weighted by molar-refractivity contribution is 0.874. The summed E-state index contributed by atoms with van der Waals surface area (Å²) in [6.45, 7) is 4.33. The smallest absolute Gasteiger partial charge is 0.130 e. The van der Waals surface area contributed by atoms with Crippen molar-refractivity contribution < 1.29 is 0 Å². The fourth-order valence-electron chi connectivity index (χ4n) is 1.65. The summed E-state index contributed by atoms with van der Waals surface area (Å²) in [5.41, 5.74) is 2.24. The molecule has 0 saturated carbocycles. The standard InChI is InChI=1S/C12H12ClN/c1-8(2)10-7-12(13)14-11-6-4-3-5-9(10)11/h3-8H,1-2H3. The third kappa shape index (κ3) is 1.60. The van der Waals surface area contributed by atoms with E-state index >= 15 is 0 Å². The van der Waals surface area contributed by atoms with Gasteiger partial charge in [-0.15, -0.1) is 0 Å². The molecule has 2 rings (SSSR count). The highest BCUT2D eigenvalue weighted by Gasteiger charge is 2.06. The van der Waals surface area contributed by atoms with E-state index in [1.807, 2.05) is 24.3 Å². The van der Waals surface area contributed by atoms with E-state index in [0.717, 1.165) is 5.52 Å². The van der Waals surface area contributed by atoms with Crippen molar-refractivity contribution in [1.29, 1.82) is 0 Å². The summed E-state index contributed by atoms with van der Waals surface area (Å²) in [5, 5.41) is 1.78. The lowest BCUT2D eigenvalue weighted by Gasteiger charge is -2.09. The molecule has 0 bridgehead atoms. The van der Waals surface area contributed by atoms with Gasteiger partial charge in [0.15, 0.2) is 0 Å². The Balaban J connectivity index is 2.80. The van der Waals surface area contributed by atoms with Crippen molar-refractivity contribution >= 4 is 22.5 Å². The fraction of sp³-hybridized carbons (Fsp3) is 0.250. The van der Waals surface area contributed by atoms with Crippen LogP contribution in [-0.4, -0.2) is 4.98 Å². The highest BCUT2D eigenvalue weighted by atomic mass is 35.5. The first-order valence-corrected chi connectivity index (χ1v) is 5.11. The molecule has 1 heterocycles. The fourth-order valence-corrected chi connectivity index (χ4v) is 1.85. The van der Waals surface area contributed by atoms with Crippen molar-refractivity contribution in [3.63, 3.8) is 0 Å². The minimum atomic E-state index is 0.473. The van der Waals surface area contributed by atoms with Gasteiger partial charge in [0, 0.05) is 5.39 Å². The van der Waals surface area contributed by atoms with E-state index in [1.54, 1.807) is 0 Å². The topological polar surface area (TPSA) is 12.9 Å². The number of pyridine rings is 1. The highest BCUT2D eigenvalue weighted by molar-refractivity contribution is 6.29. The van der Waals surface area contributed by atoms with Crippen molar-refractivity contribution in [2.24, 2.45) is 0 Å². The van der Waals surface area contributed by atoms with E-state index in [9.17, 15) is 0 Å². The van der Waals surface area contributed by atoms with E-state index < -0.39 is 0 Å². The van der Waals surface area contributed by atoms with Crippen LogP contribution in [0, 0.1) is 0 Å². The molecule has 0 aliphatic rings. The maximum absolute atomic E-state index is 5.96. The molecule has 0 fully saturated rings. The third-order valence-electron chi connectivity index (χ3n) is 2.34. The molecule has 0 N–H and O–H groups in total. The number of nitrogens with zero attached hydrogens (tertiary/aromatic N) is 1. The zero-order valence-corrected chi connectivity index (χ0v) is 9.05. The summed E-state index contributed by atoms with van der Waals surface area (Å²) in [6, 6.07) is 10.1. The van der Waals surface area contributed by atoms with Gasteiger partial charge >= 0.3 is 0 Å². The van der Waals surface area contributed by atoms with E-state index in [0.29, 0.717) is 11.1 Å². The zero-order chi connectivity index (χ0) is 10.1.